The number of aromatic nitrogens is 6. The highest BCUT2D eigenvalue weighted by molar-refractivity contribution is 5.79. The van der Waals surface area contributed by atoms with E-state index in [0.717, 1.165) is 85.6 Å². The Kier molecular flexibility index (Phi) is 34.7. The molecule has 4 heterocycles. The Labute approximate surface area is 412 Å². The van der Waals surface area contributed by atoms with E-state index in [4.69, 9.17) is 34.2 Å². The standard InChI is InChI=1S/C19H26N4O5.C15H20N4O2.2C5H10O4.3CH4/c1-25-19(26-2)18(24)20-11-14-6-8-16(9-7-14)23-12-15(21-22-23)13-28-17-5-3-4-10-27-17;16-9-12-4-6-14(7-5-12)19-10-13(17-18-19)11-21-15-3-1-2-8-20-15;2*1-7-4(6)5(8-2)9-3;;;/h6-9,12,17,19H,3-5,10-11,13H2,1-2H3,(H,20,24);4-7,10,15H,1-3,8-9,11,16H2;2*5H,1-3H3;3*1H4. The highest BCUT2D eigenvalue weighted by Crippen LogP contribution is 2.17. The zero-order valence-electron chi connectivity index (χ0n) is 39.5. The summed E-state index contributed by atoms with van der Waals surface area (Å²) >= 11 is 0. The van der Waals surface area contributed by atoms with Gasteiger partial charge in [0.05, 0.1) is 51.2 Å². The first-order chi connectivity index (χ1) is 32.6. The van der Waals surface area contributed by atoms with E-state index in [2.05, 4.69) is 54.4 Å². The summed E-state index contributed by atoms with van der Waals surface area (Å²) in [7, 11) is 10.8. The lowest BCUT2D eigenvalue weighted by atomic mass is 10.2. The number of hydrogen-bond donors (Lipinski definition) is 2. The van der Waals surface area contributed by atoms with Crippen molar-refractivity contribution in [2.45, 2.75) is 119 Å². The van der Waals surface area contributed by atoms with Crippen LogP contribution in [0.3, 0.4) is 0 Å². The maximum atomic E-state index is 11.8. The number of nitrogens with two attached hydrogens (primary N) is 1. The summed E-state index contributed by atoms with van der Waals surface area (Å²) in [5.41, 5.74) is 11.0. The van der Waals surface area contributed by atoms with Crippen molar-refractivity contribution in [3.63, 3.8) is 0 Å². The Morgan fingerprint density at radius 2 is 0.986 bits per heavy atom. The van der Waals surface area contributed by atoms with Crippen LogP contribution in [0.15, 0.2) is 60.9 Å². The van der Waals surface area contributed by atoms with Crippen molar-refractivity contribution in [1.29, 1.82) is 0 Å². The average molecular weight is 995 g/mol. The molecular formula is C47H78N8O15. The third kappa shape index (κ3) is 23.1. The number of hydrogen-bond acceptors (Lipinski definition) is 20. The molecule has 2 aromatic heterocycles. The molecule has 23 nitrogen and oxygen atoms in total. The predicted molar refractivity (Wildman–Crippen MR) is 257 cm³/mol. The summed E-state index contributed by atoms with van der Waals surface area (Å²) in [6.07, 6.45) is 7.13. The molecule has 3 N–H and O–H groups in total. The topological polar surface area (TPSA) is 261 Å². The molecule has 2 unspecified atom stereocenters. The van der Waals surface area contributed by atoms with Crippen molar-refractivity contribution < 1.29 is 71.2 Å². The van der Waals surface area contributed by atoms with E-state index in [1.165, 1.54) is 56.9 Å². The average Bonchev–Trinajstić information content (AvgIpc) is 4.07. The molecule has 0 spiro atoms. The van der Waals surface area contributed by atoms with Crippen LogP contribution in [-0.2, 0) is 97.5 Å². The Morgan fingerprint density at radius 1 is 0.600 bits per heavy atom. The number of esters is 2. The molecule has 2 saturated heterocycles. The van der Waals surface area contributed by atoms with Crippen LogP contribution in [0.4, 0.5) is 0 Å². The highest BCUT2D eigenvalue weighted by Gasteiger charge is 2.19. The molecule has 0 aliphatic carbocycles. The second-order valence-electron chi connectivity index (χ2n) is 14.2. The molecule has 0 radical (unpaired) electrons. The number of nitrogens with zero attached hydrogens (tertiary/aromatic N) is 6. The summed E-state index contributed by atoms with van der Waals surface area (Å²) in [5, 5.41) is 19.3. The molecule has 2 aliphatic rings. The highest BCUT2D eigenvalue weighted by atomic mass is 16.7. The second kappa shape index (κ2) is 37.5. The van der Waals surface area contributed by atoms with Crippen molar-refractivity contribution in [1.82, 2.24) is 35.3 Å². The molecule has 0 saturated carbocycles. The Balaban J connectivity index is 0.000000998. The normalized spacial score (nSPS) is 15.0. The number of carbonyl (C=O) groups is 3. The molecule has 1 amide bonds. The largest absolute Gasteiger partial charge is 0.465 e. The lowest BCUT2D eigenvalue weighted by Crippen LogP contribution is -2.36. The van der Waals surface area contributed by atoms with Crippen LogP contribution in [0.1, 0.15) is 83.3 Å². The SMILES string of the molecule is C.C.C.COC(=O)C(OC)OC.COC(=O)C(OC)OC.COC(OC)C(=O)NCc1ccc(-n2cc(COC3CCCCO3)nn2)cc1.NCc1ccc(-n2cc(COC3CCCCO3)nn2)cc1. The molecule has 70 heavy (non-hydrogen) atoms. The van der Waals surface area contributed by atoms with Crippen molar-refractivity contribution in [3.05, 3.63) is 83.4 Å². The van der Waals surface area contributed by atoms with Crippen molar-refractivity contribution in [3.8, 4) is 11.4 Å². The first kappa shape index (κ1) is 64.7. The molecule has 2 fully saturated rings. The number of carbonyl (C=O) groups excluding carboxylic acids is 3. The van der Waals surface area contributed by atoms with Gasteiger partial charge < -0.3 is 67.9 Å². The minimum atomic E-state index is -0.908. The van der Waals surface area contributed by atoms with Gasteiger partial charge in [0.25, 0.3) is 18.5 Å². The van der Waals surface area contributed by atoms with E-state index in [-0.39, 0.29) is 40.8 Å². The maximum Gasteiger partial charge on any atom is 0.363 e. The van der Waals surface area contributed by atoms with E-state index in [0.29, 0.717) is 26.3 Å². The number of ether oxygens (including phenoxy) is 12. The molecular weight excluding hydrogens is 917 g/mol. The van der Waals surface area contributed by atoms with Gasteiger partial charge in [-0.3, -0.25) is 4.79 Å². The van der Waals surface area contributed by atoms with Crippen LogP contribution in [0.2, 0.25) is 0 Å². The van der Waals surface area contributed by atoms with Crippen LogP contribution in [0.25, 0.3) is 11.4 Å². The summed E-state index contributed by atoms with van der Waals surface area (Å²) in [5.74, 6) is -1.38. The Bertz CT molecular complexity index is 1920. The third-order valence-corrected chi connectivity index (χ3v) is 9.58. The quantitative estimate of drug-likeness (QED) is 0.0891. The number of nitrogens with one attached hydrogen (secondary N) is 1. The van der Waals surface area contributed by atoms with Gasteiger partial charge in [0, 0.05) is 69.0 Å². The fourth-order valence-corrected chi connectivity index (χ4v) is 5.93. The first-order valence-electron chi connectivity index (χ1n) is 21.3. The third-order valence-electron chi connectivity index (χ3n) is 9.58. The number of methoxy groups -OCH3 is 8. The van der Waals surface area contributed by atoms with Gasteiger partial charge in [0.2, 0.25) is 6.29 Å². The van der Waals surface area contributed by atoms with E-state index in [1.54, 1.807) is 9.36 Å². The van der Waals surface area contributed by atoms with Crippen LogP contribution in [-0.4, -0.2) is 149 Å². The zero-order valence-corrected chi connectivity index (χ0v) is 39.5. The molecule has 396 valence electrons. The van der Waals surface area contributed by atoms with Gasteiger partial charge in [0.1, 0.15) is 11.4 Å². The predicted octanol–water partition coefficient (Wildman–Crippen LogP) is 4.78. The van der Waals surface area contributed by atoms with Crippen molar-refractivity contribution in [2.24, 2.45) is 5.73 Å². The minimum Gasteiger partial charge on any atom is -0.465 e. The monoisotopic (exact) mass is 995 g/mol. The van der Waals surface area contributed by atoms with E-state index in [1.807, 2.05) is 60.9 Å². The smallest absolute Gasteiger partial charge is 0.363 e. The van der Waals surface area contributed by atoms with Crippen LogP contribution in [0, 0.1) is 0 Å². The van der Waals surface area contributed by atoms with E-state index < -0.39 is 30.8 Å². The summed E-state index contributed by atoms with van der Waals surface area (Å²) in [6, 6.07) is 15.6. The van der Waals surface area contributed by atoms with Crippen LogP contribution < -0.4 is 11.1 Å². The molecule has 4 aromatic rings. The van der Waals surface area contributed by atoms with Crippen LogP contribution in [0.5, 0.6) is 0 Å². The fourth-order valence-electron chi connectivity index (χ4n) is 5.93. The molecule has 23 heteroatoms. The second-order valence-corrected chi connectivity index (χ2v) is 14.2. The number of benzene rings is 2. The Morgan fingerprint density at radius 3 is 1.30 bits per heavy atom. The van der Waals surface area contributed by atoms with Gasteiger partial charge in [0.15, 0.2) is 12.6 Å². The zero-order chi connectivity index (χ0) is 48.8. The van der Waals surface area contributed by atoms with Gasteiger partial charge in [-0.25, -0.2) is 19.0 Å². The first-order valence-corrected chi connectivity index (χ1v) is 21.3. The van der Waals surface area contributed by atoms with Gasteiger partial charge in [-0.1, -0.05) is 57.0 Å². The Hall–Kier alpha value is -5.31. The minimum absolute atomic E-state index is 0. The maximum absolute atomic E-state index is 11.8. The number of rotatable bonds is 20. The lowest BCUT2D eigenvalue weighted by Gasteiger charge is -2.22. The van der Waals surface area contributed by atoms with Gasteiger partial charge >= 0.3 is 11.9 Å². The van der Waals surface area contributed by atoms with Crippen LogP contribution >= 0.6 is 0 Å². The molecule has 0 bridgehead atoms. The van der Waals surface area contributed by atoms with E-state index in [9.17, 15) is 14.4 Å². The number of amides is 1. The molecule has 6 rings (SSSR count). The summed E-state index contributed by atoms with van der Waals surface area (Å²) in [6.45, 7) is 3.24. The fraction of sp³-hybridized carbons (Fsp3) is 0.596. The van der Waals surface area contributed by atoms with Gasteiger partial charge in [-0.2, -0.15) is 0 Å². The summed E-state index contributed by atoms with van der Waals surface area (Å²) < 4.78 is 62.6. The molecule has 2 aromatic carbocycles. The summed E-state index contributed by atoms with van der Waals surface area (Å²) in [4.78, 5) is 32.8. The van der Waals surface area contributed by atoms with Gasteiger partial charge in [-0.05, 0) is 73.9 Å². The molecule has 2 aliphatic heterocycles. The van der Waals surface area contributed by atoms with Crippen molar-refractivity contribution >= 4 is 17.8 Å². The lowest BCUT2D eigenvalue weighted by molar-refractivity contribution is -0.181. The van der Waals surface area contributed by atoms with E-state index >= 15 is 0 Å². The molecule has 2 atom stereocenters. The van der Waals surface area contributed by atoms with Crippen molar-refractivity contribution in [2.75, 3.05) is 70.1 Å². The van der Waals surface area contributed by atoms with Gasteiger partial charge in [-0.15, -0.1) is 10.2 Å².